The highest BCUT2D eigenvalue weighted by Gasteiger charge is 2.01. The Hall–Kier alpha value is -0.770. The molecule has 0 aliphatic rings. The molecule has 0 unspecified atom stereocenters. The molecule has 0 spiro atoms. The van der Waals surface area contributed by atoms with Gasteiger partial charge in [-0.15, -0.1) is 0 Å². The van der Waals surface area contributed by atoms with Gasteiger partial charge in [-0.1, -0.05) is 34.4 Å². The van der Waals surface area contributed by atoms with E-state index in [1.54, 1.807) is 18.2 Å². The fraction of sp³-hybridized carbons (Fsp3) is 0.222. The Balaban J connectivity index is 2.70. The van der Waals surface area contributed by atoms with Crippen molar-refractivity contribution in [2.45, 2.75) is 0 Å². The Morgan fingerprint density at radius 2 is 2.00 bits per heavy atom. The molecule has 0 fully saturated rings. The first-order valence-corrected chi connectivity index (χ1v) is 4.80. The minimum atomic E-state index is 0.374. The summed E-state index contributed by atoms with van der Waals surface area (Å²) in [5, 5.41) is 4.76. The summed E-state index contributed by atoms with van der Waals surface area (Å²) < 4.78 is 0. The molecule has 2 N–H and O–H groups in total. The van der Waals surface area contributed by atoms with Gasteiger partial charge in [0.05, 0.1) is 16.3 Å². The normalized spacial score (nSPS) is 10.8. The van der Waals surface area contributed by atoms with E-state index in [-0.39, 0.29) is 0 Å². The maximum atomic E-state index is 5.89. The number of halogens is 2. The highest BCUT2D eigenvalue weighted by molar-refractivity contribution is 6.38. The molecular weight excluding hydrogens is 223 g/mol. The van der Waals surface area contributed by atoms with Gasteiger partial charge in [0.2, 0.25) is 0 Å². The summed E-state index contributed by atoms with van der Waals surface area (Å²) in [4.78, 5) is 4.82. The van der Waals surface area contributed by atoms with Crippen LogP contribution in [0.15, 0.2) is 23.4 Å². The lowest BCUT2D eigenvalue weighted by molar-refractivity contribution is 0.154. The Bertz CT molecular complexity index is 308. The van der Waals surface area contributed by atoms with E-state index in [1.807, 2.05) is 0 Å². The third-order valence-electron chi connectivity index (χ3n) is 1.47. The van der Waals surface area contributed by atoms with Crippen molar-refractivity contribution in [2.24, 2.45) is 10.9 Å². The number of nitrogens with two attached hydrogens (primary N) is 1. The second-order valence-electron chi connectivity index (χ2n) is 2.49. The van der Waals surface area contributed by atoms with Crippen molar-refractivity contribution >= 4 is 29.4 Å². The summed E-state index contributed by atoms with van der Waals surface area (Å²) >= 11 is 11.8. The number of oxime groups is 1. The van der Waals surface area contributed by atoms with Gasteiger partial charge in [0.1, 0.15) is 6.61 Å². The lowest BCUT2D eigenvalue weighted by atomic mass is 10.2. The van der Waals surface area contributed by atoms with Crippen LogP contribution < -0.4 is 5.73 Å². The fourth-order valence-corrected chi connectivity index (χ4v) is 1.32. The Labute approximate surface area is 92.4 Å². The highest BCUT2D eigenvalue weighted by atomic mass is 35.5. The number of hydrogen-bond donors (Lipinski definition) is 1. The molecule has 0 aliphatic carbocycles. The van der Waals surface area contributed by atoms with Crippen molar-refractivity contribution in [3.8, 4) is 0 Å². The summed E-state index contributed by atoms with van der Waals surface area (Å²) in [6, 6.07) is 5.23. The molecule has 0 radical (unpaired) electrons. The SMILES string of the molecule is NCCON=Cc1c(Cl)cccc1Cl. The van der Waals surface area contributed by atoms with Crippen molar-refractivity contribution in [2.75, 3.05) is 13.2 Å². The molecule has 0 amide bonds. The summed E-state index contributed by atoms with van der Waals surface area (Å²) in [6.07, 6.45) is 1.47. The minimum Gasteiger partial charge on any atom is -0.394 e. The van der Waals surface area contributed by atoms with Crippen molar-refractivity contribution in [3.63, 3.8) is 0 Å². The van der Waals surface area contributed by atoms with Crippen LogP contribution in [0.25, 0.3) is 0 Å². The van der Waals surface area contributed by atoms with Gasteiger partial charge < -0.3 is 10.6 Å². The van der Waals surface area contributed by atoms with Crippen LogP contribution in [0.2, 0.25) is 10.0 Å². The van der Waals surface area contributed by atoms with Gasteiger partial charge in [-0.05, 0) is 12.1 Å². The van der Waals surface area contributed by atoms with Crippen molar-refractivity contribution in [3.05, 3.63) is 33.8 Å². The zero-order valence-corrected chi connectivity index (χ0v) is 8.92. The summed E-state index contributed by atoms with van der Waals surface area (Å²) in [7, 11) is 0. The molecule has 5 heteroatoms. The second kappa shape index (κ2) is 5.86. The van der Waals surface area contributed by atoms with E-state index in [0.29, 0.717) is 28.8 Å². The molecule has 0 saturated heterocycles. The van der Waals surface area contributed by atoms with Crippen LogP contribution >= 0.6 is 23.2 Å². The first kappa shape index (κ1) is 11.3. The average molecular weight is 233 g/mol. The van der Waals surface area contributed by atoms with Gasteiger partial charge in [-0.3, -0.25) is 0 Å². The van der Waals surface area contributed by atoms with Gasteiger partial charge in [-0.2, -0.15) is 0 Å². The van der Waals surface area contributed by atoms with Gasteiger partial charge in [0, 0.05) is 12.1 Å². The number of hydrogen-bond acceptors (Lipinski definition) is 3. The molecule has 0 aliphatic heterocycles. The third-order valence-corrected chi connectivity index (χ3v) is 2.12. The van der Waals surface area contributed by atoms with Crippen LogP contribution in [-0.2, 0) is 4.84 Å². The number of rotatable bonds is 4. The molecular formula is C9H10Cl2N2O. The van der Waals surface area contributed by atoms with Gasteiger partial charge in [0.15, 0.2) is 0 Å². The van der Waals surface area contributed by atoms with Crippen molar-refractivity contribution < 1.29 is 4.84 Å². The smallest absolute Gasteiger partial charge is 0.129 e. The topological polar surface area (TPSA) is 47.6 Å². The molecule has 76 valence electrons. The molecule has 0 saturated carbocycles. The van der Waals surface area contributed by atoms with E-state index in [2.05, 4.69) is 5.16 Å². The van der Waals surface area contributed by atoms with Crippen LogP contribution in [0.5, 0.6) is 0 Å². The average Bonchev–Trinajstić information content (AvgIpc) is 2.16. The second-order valence-corrected chi connectivity index (χ2v) is 3.31. The molecule has 0 heterocycles. The zero-order chi connectivity index (χ0) is 10.4. The van der Waals surface area contributed by atoms with E-state index in [9.17, 15) is 0 Å². The Kier molecular flexibility index (Phi) is 4.73. The predicted molar refractivity (Wildman–Crippen MR) is 59.1 cm³/mol. The molecule has 0 aromatic heterocycles. The van der Waals surface area contributed by atoms with Gasteiger partial charge in [-0.25, -0.2) is 0 Å². The van der Waals surface area contributed by atoms with E-state index < -0.39 is 0 Å². The van der Waals surface area contributed by atoms with E-state index in [1.165, 1.54) is 6.21 Å². The largest absolute Gasteiger partial charge is 0.394 e. The molecule has 1 rings (SSSR count). The quantitative estimate of drug-likeness (QED) is 0.492. The molecule has 0 bridgehead atoms. The summed E-state index contributed by atoms with van der Waals surface area (Å²) in [5.74, 6) is 0. The Morgan fingerprint density at radius 3 is 2.57 bits per heavy atom. The minimum absolute atomic E-state index is 0.374. The molecule has 1 aromatic rings. The number of benzene rings is 1. The first-order chi connectivity index (χ1) is 6.75. The molecule has 1 aromatic carbocycles. The fourth-order valence-electron chi connectivity index (χ4n) is 0.829. The Morgan fingerprint density at radius 1 is 1.36 bits per heavy atom. The molecule has 0 atom stereocenters. The van der Waals surface area contributed by atoms with Crippen molar-refractivity contribution in [1.82, 2.24) is 0 Å². The van der Waals surface area contributed by atoms with Crippen molar-refractivity contribution in [1.29, 1.82) is 0 Å². The maximum absolute atomic E-state index is 5.89. The predicted octanol–water partition coefficient (Wildman–Crippen LogP) is 2.30. The van der Waals surface area contributed by atoms with Crippen LogP contribution in [0.3, 0.4) is 0 Å². The molecule has 14 heavy (non-hydrogen) atoms. The lowest BCUT2D eigenvalue weighted by Crippen LogP contribution is -2.05. The standard InChI is InChI=1S/C9H10Cl2N2O/c10-8-2-1-3-9(11)7(8)6-13-14-5-4-12/h1-3,6H,4-5,12H2. The summed E-state index contributed by atoms with van der Waals surface area (Å²) in [5.41, 5.74) is 5.86. The van der Waals surface area contributed by atoms with Gasteiger partial charge in [0.25, 0.3) is 0 Å². The van der Waals surface area contributed by atoms with Crippen LogP contribution in [0.4, 0.5) is 0 Å². The van der Waals surface area contributed by atoms with Gasteiger partial charge >= 0.3 is 0 Å². The highest BCUT2D eigenvalue weighted by Crippen LogP contribution is 2.22. The first-order valence-electron chi connectivity index (χ1n) is 4.05. The lowest BCUT2D eigenvalue weighted by Gasteiger charge is -2.00. The van der Waals surface area contributed by atoms with Crippen LogP contribution in [-0.4, -0.2) is 19.4 Å². The van der Waals surface area contributed by atoms with E-state index >= 15 is 0 Å². The zero-order valence-electron chi connectivity index (χ0n) is 7.41. The van der Waals surface area contributed by atoms with E-state index in [0.717, 1.165) is 0 Å². The number of nitrogens with zero attached hydrogens (tertiary/aromatic N) is 1. The van der Waals surface area contributed by atoms with Crippen LogP contribution in [0.1, 0.15) is 5.56 Å². The monoisotopic (exact) mass is 232 g/mol. The molecule has 3 nitrogen and oxygen atoms in total. The van der Waals surface area contributed by atoms with E-state index in [4.69, 9.17) is 33.8 Å². The third kappa shape index (κ3) is 3.18. The van der Waals surface area contributed by atoms with Crippen LogP contribution in [0, 0.1) is 0 Å². The maximum Gasteiger partial charge on any atom is 0.129 e. The summed E-state index contributed by atoms with van der Waals surface area (Å²) in [6.45, 7) is 0.798.